The van der Waals surface area contributed by atoms with Crippen LogP contribution in [0.15, 0.2) is 0 Å². The first-order chi connectivity index (χ1) is 8.66. The van der Waals surface area contributed by atoms with Gasteiger partial charge in [-0.2, -0.15) is 0 Å². The molecule has 1 aliphatic heterocycles. The van der Waals surface area contributed by atoms with E-state index in [-0.39, 0.29) is 5.91 Å². The van der Waals surface area contributed by atoms with Gasteiger partial charge in [0, 0.05) is 19.1 Å². The fraction of sp³-hybridized carbons (Fsp3) is 0.929. The number of hydrogen-bond acceptors (Lipinski definition) is 3. The van der Waals surface area contributed by atoms with E-state index < -0.39 is 0 Å². The summed E-state index contributed by atoms with van der Waals surface area (Å²) in [6.45, 7) is 7.41. The highest BCUT2D eigenvalue weighted by Gasteiger charge is 2.30. The molecule has 2 rings (SSSR count). The lowest BCUT2D eigenvalue weighted by Crippen LogP contribution is -2.39. The molecule has 0 radical (unpaired) electrons. The van der Waals surface area contributed by atoms with Gasteiger partial charge in [0.05, 0.1) is 12.6 Å². The highest BCUT2D eigenvalue weighted by molar-refractivity contribution is 5.77. The fourth-order valence-electron chi connectivity index (χ4n) is 2.63. The molecule has 1 amide bonds. The van der Waals surface area contributed by atoms with Crippen LogP contribution in [0.1, 0.15) is 33.1 Å². The molecule has 1 aliphatic carbocycles. The van der Waals surface area contributed by atoms with Gasteiger partial charge in [-0.1, -0.05) is 13.8 Å². The molecule has 4 nitrogen and oxygen atoms in total. The quantitative estimate of drug-likeness (QED) is 0.717. The summed E-state index contributed by atoms with van der Waals surface area (Å²) in [7, 11) is 0. The zero-order valence-corrected chi connectivity index (χ0v) is 11.6. The van der Waals surface area contributed by atoms with Crippen LogP contribution >= 0.6 is 0 Å². The van der Waals surface area contributed by atoms with Crippen molar-refractivity contribution in [3.05, 3.63) is 0 Å². The minimum atomic E-state index is 0.116. The Labute approximate surface area is 110 Å². The molecular weight excluding hydrogens is 228 g/mol. The third-order valence-corrected chi connectivity index (χ3v) is 3.90. The van der Waals surface area contributed by atoms with Gasteiger partial charge in [0.2, 0.25) is 5.91 Å². The van der Waals surface area contributed by atoms with Gasteiger partial charge in [-0.15, -0.1) is 0 Å². The van der Waals surface area contributed by atoms with Crippen LogP contribution in [0.5, 0.6) is 0 Å². The van der Waals surface area contributed by atoms with Crippen LogP contribution in [-0.4, -0.2) is 38.3 Å². The van der Waals surface area contributed by atoms with Crippen LogP contribution in [0.4, 0.5) is 0 Å². The molecule has 18 heavy (non-hydrogen) atoms. The van der Waals surface area contributed by atoms with Crippen molar-refractivity contribution in [1.29, 1.82) is 0 Å². The van der Waals surface area contributed by atoms with Crippen molar-refractivity contribution >= 4 is 5.91 Å². The van der Waals surface area contributed by atoms with E-state index in [1.54, 1.807) is 0 Å². The summed E-state index contributed by atoms with van der Waals surface area (Å²) < 4.78 is 5.71. The third kappa shape index (κ3) is 4.25. The van der Waals surface area contributed by atoms with E-state index in [9.17, 15) is 4.79 Å². The second-order valence-corrected chi connectivity index (χ2v) is 6.01. The molecule has 4 heteroatoms. The van der Waals surface area contributed by atoms with E-state index in [0.29, 0.717) is 24.5 Å². The van der Waals surface area contributed by atoms with Gasteiger partial charge < -0.3 is 15.4 Å². The number of amides is 1. The van der Waals surface area contributed by atoms with E-state index in [0.717, 1.165) is 32.0 Å². The van der Waals surface area contributed by atoms with Crippen molar-refractivity contribution in [3.8, 4) is 0 Å². The van der Waals surface area contributed by atoms with Crippen molar-refractivity contribution < 1.29 is 9.53 Å². The Hall–Kier alpha value is -0.610. The first kappa shape index (κ1) is 13.8. The predicted molar refractivity (Wildman–Crippen MR) is 71.3 cm³/mol. The van der Waals surface area contributed by atoms with Crippen molar-refractivity contribution in [2.75, 3.05) is 26.2 Å². The summed E-state index contributed by atoms with van der Waals surface area (Å²) in [5, 5.41) is 6.24. The zero-order valence-electron chi connectivity index (χ0n) is 11.6. The van der Waals surface area contributed by atoms with Gasteiger partial charge >= 0.3 is 0 Å². The van der Waals surface area contributed by atoms with Crippen molar-refractivity contribution in [2.24, 2.45) is 17.8 Å². The Morgan fingerprint density at radius 1 is 1.28 bits per heavy atom. The molecule has 0 bridgehead atoms. The molecule has 1 saturated carbocycles. The van der Waals surface area contributed by atoms with Gasteiger partial charge in [0.1, 0.15) is 0 Å². The minimum absolute atomic E-state index is 0.116. The molecule has 0 aromatic rings. The van der Waals surface area contributed by atoms with Crippen LogP contribution in [0, 0.1) is 17.8 Å². The van der Waals surface area contributed by atoms with E-state index in [2.05, 4.69) is 24.5 Å². The standard InChI is InChI=1S/C14H26N2O2/c1-10(2)14-12(5-6-18-14)8-16-13(17)9-15-7-11-3-4-11/h10-12,14-15H,3-9H2,1-2H3,(H,16,17). The second-order valence-electron chi connectivity index (χ2n) is 6.01. The first-order valence-corrected chi connectivity index (χ1v) is 7.26. The highest BCUT2D eigenvalue weighted by Crippen LogP contribution is 2.27. The zero-order chi connectivity index (χ0) is 13.0. The molecule has 2 N–H and O–H groups in total. The molecule has 2 unspecified atom stereocenters. The molecule has 1 heterocycles. The topological polar surface area (TPSA) is 50.4 Å². The van der Waals surface area contributed by atoms with E-state index in [1.165, 1.54) is 12.8 Å². The molecular formula is C14H26N2O2. The van der Waals surface area contributed by atoms with Crippen LogP contribution in [0.3, 0.4) is 0 Å². The van der Waals surface area contributed by atoms with Gasteiger partial charge in [0.15, 0.2) is 0 Å². The maximum Gasteiger partial charge on any atom is 0.233 e. The number of ether oxygens (including phenoxy) is 1. The molecule has 2 atom stereocenters. The average molecular weight is 254 g/mol. The van der Waals surface area contributed by atoms with Crippen LogP contribution in [-0.2, 0) is 9.53 Å². The van der Waals surface area contributed by atoms with E-state index >= 15 is 0 Å². The summed E-state index contributed by atoms with van der Waals surface area (Å²) in [5.74, 6) is 1.95. The smallest absolute Gasteiger partial charge is 0.233 e. The maximum atomic E-state index is 11.7. The Morgan fingerprint density at radius 2 is 2.06 bits per heavy atom. The molecule has 0 aromatic carbocycles. The Bertz CT molecular complexity index is 277. The maximum absolute atomic E-state index is 11.7. The fourth-order valence-corrected chi connectivity index (χ4v) is 2.63. The second kappa shape index (κ2) is 6.53. The lowest BCUT2D eigenvalue weighted by atomic mass is 9.93. The summed E-state index contributed by atoms with van der Waals surface area (Å²) in [6, 6.07) is 0. The molecule has 2 fully saturated rings. The SMILES string of the molecule is CC(C)C1OCCC1CNC(=O)CNCC1CC1. The number of rotatable bonds is 7. The lowest BCUT2D eigenvalue weighted by molar-refractivity contribution is -0.120. The normalized spacial score (nSPS) is 27.7. The Kier molecular flexibility index (Phi) is 5.01. The third-order valence-electron chi connectivity index (χ3n) is 3.90. The summed E-state index contributed by atoms with van der Waals surface area (Å²) >= 11 is 0. The molecule has 0 aromatic heterocycles. The molecule has 2 aliphatic rings. The summed E-state index contributed by atoms with van der Waals surface area (Å²) in [4.78, 5) is 11.7. The van der Waals surface area contributed by atoms with Gasteiger partial charge in [0.25, 0.3) is 0 Å². The van der Waals surface area contributed by atoms with Gasteiger partial charge in [-0.05, 0) is 37.6 Å². The minimum Gasteiger partial charge on any atom is -0.378 e. The molecule has 0 spiro atoms. The summed E-state index contributed by atoms with van der Waals surface area (Å²) in [6.07, 6.45) is 4.03. The van der Waals surface area contributed by atoms with Crippen LogP contribution in [0.2, 0.25) is 0 Å². The van der Waals surface area contributed by atoms with Crippen LogP contribution in [0.25, 0.3) is 0 Å². The van der Waals surface area contributed by atoms with E-state index in [1.807, 2.05) is 0 Å². The van der Waals surface area contributed by atoms with Crippen LogP contribution < -0.4 is 10.6 Å². The largest absolute Gasteiger partial charge is 0.378 e. The average Bonchev–Trinajstić information content (AvgIpc) is 3.02. The number of carbonyl (C=O) groups excluding carboxylic acids is 1. The number of carbonyl (C=O) groups is 1. The predicted octanol–water partition coefficient (Wildman–Crippen LogP) is 1.16. The van der Waals surface area contributed by atoms with Gasteiger partial charge in [-0.3, -0.25) is 4.79 Å². The first-order valence-electron chi connectivity index (χ1n) is 7.26. The van der Waals surface area contributed by atoms with Gasteiger partial charge in [-0.25, -0.2) is 0 Å². The monoisotopic (exact) mass is 254 g/mol. The van der Waals surface area contributed by atoms with Crippen molar-refractivity contribution in [3.63, 3.8) is 0 Å². The van der Waals surface area contributed by atoms with E-state index in [4.69, 9.17) is 4.74 Å². The highest BCUT2D eigenvalue weighted by atomic mass is 16.5. The molecule has 1 saturated heterocycles. The van der Waals surface area contributed by atoms with Crippen molar-refractivity contribution in [1.82, 2.24) is 10.6 Å². The number of nitrogens with one attached hydrogen (secondary N) is 2. The van der Waals surface area contributed by atoms with Crippen molar-refractivity contribution in [2.45, 2.75) is 39.2 Å². The number of hydrogen-bond donors (Lipinski definition) is 2. The lowest BCUT2D eigenvalue weighted by Gasteiger charge is -2.22. The Morgan fingerprint density at radius 3 is 2.72 bits per heavy atom. The molecule has 104 valence electrons. The Balaban J connectivity index is 1.59. The summed E-state index contributed by atoms with van der Waals surface area (Å²) in [5.41, 5.74) is 0.